The molecule has 0 aromatic heterocycles. The van der Waals surface area contributed by atoms with Crippen LogP contribution in [0.4, 0.5) is 0 Å². The van der Waals surface area contributed by atoms with Gasteiger partial charge in [0.25, 0.3) is 0 Å². The van der Waals surface area contributed by atoms with E-state index in [2.05, 4.69) is 0 Å². The fourth-order valence-electron chi connectivity index (χ4n) is 2.10. The van der Waals surface area contributed by atoms with Crippen molar-refractivity contribution in [2.45, 2.75) is 39.9 Å². The molecule has 0 bridgehead atoms. The average molecular weight is 272 g/mol. The number of aldehydes is 1. The van der Waals surface area contributed by atoms with Crippen LogP contribution in [0.15, 0.2) is 30.3 Å². The molecule has 0 saturated carbocycles. The van der Waals surface area contributed by atoms with Crippen molar-refractivity contribution >= 4 is 17.1 Å². The Morgan fingerprint density at radius 2 is 1.60 bits per heavy atom. The highest BCUT2D eigenvalue weighted by Gasteiger charge is 2.11. The fourth-order valence-corrected chi connectivity index (χ4v) is 2.10. The molecule has 2 rings (SSSR count). The Bertz CT molecular complexity index is 615. The minimum atomic E-state index is 0.0289. The smallest absolute Gasteiger partial charge is 0.153 e. The highest BCUT2D eigenvalue weighted by molar-refractivity contribution is 5.95. The maximum atomic E-state index is 11.3. The van der Waals surface area contributed by atoms with Gasteiger partial charge in [0, 0.05) is 5.39 Å². The van der Waals surface area contributed by atoms with E-state index < -0.39 is 0 Å². The highest BCUT2D eigenvalue weighted by Crippen LogP contribution is 2.32. The second-order valence-corrected chi connectivity index (χ2v) is 5.32. The zero-order valence-corrected chi connectivity index (χ0v) is 12.3. The summed E-state index contributed by atoms with van der Waals surface area (Å²) in [5.41, 5.74) is 0.547. The monoisotopic (exact) mass is 272 g/mol. The summed E-state index contributed by atoms with van der Waals surface area (Å²) < 4.78 is 11.5. The van der Waals surface area contributed by atoms with Gasteiger partial charge in [0.05, 0.1) is 17.8 Å². The summed E-state index contributed by atoms with van der Waals surface area (Å²) in [4.78, 5) is 11.3. The quantitative estimate of drug-likeness (QED) is 0.764. The molecule has 20 heavy (non-hydrogen) atoms. The molecule has 0 fully saturated rings. The molecule has 0 saturated heterocycles. The van der Waals surface area contributed by atoms with Crippen LogP contribution in [0.5, 0.6) is 11.5 Å². The number of carbonyl (C=O) groups is 1. The van der Waals surface area contributed by atoms with Gasteiger partial charge in [-0.3, -0.25) is 4.79 Å². The normalized spacial score (nSPS) is 11.1. The van der Waals surface area contributed by atoms with Crippen LogP contribution in [0.1, 0.15) is 38.1 Å². The summed E-state index contributed by atoms with van der Waals surface area (Å²) in [6, 6.07) is 9.58. The topological polar surface area (TPSA) is 35.5 Å². The third-order valence-electron chi connectivity index (χ3n) is 2.82. The molecule has 2 aromatic carbocycles. The summed E-state index contributed by atoms with van der Waals surface area (Å²) in [5, 5.41) is 1.93. The van der Waals surface area contributed by atoms with Crippen molar-refractivity contribution in [2.24, 2.45) is 0 Å². The van der Waals surface area contributed by atoms with Gasteiger partial charge in [-0.15, -0.1) is 0 Å². The van der Waals surface area contributed by atoms with Crippen LogP contribution in [-0.4, -0.2) is 18.5 Å². The minimum absolute atomic E-state index is 0.0289. The minimum Gasteiger partial charge on any atom is -0.490 e. The molecule has 0 aliphatic carbocycles. The number of hydrogen-bond acceptors (Lipinski definition) is 3. The van der Waals surface area contributed by atoms with Crippen LogP contribution >= 0.6 is 0 Å². The van der Waals surface area contributed by atoms with Gasteiger partial charge in [-0.1, -0.05) is 12.1 Å². The summed E-state index contributed by atoms with van der Waals surface area (Å²) in [7, 11) is 0. The van der Waals surface area contributed by atoms with E-state index in [0.29, 0.717) is 11.3 Å². The summed E-state index contributed by atoms with van der Waals surface area (Å²) in [5.74, 6) is 1.40. The molecule has 3 nitrogen and oxygen atoms in total. The lowest BCUT2D eigenvalue weighted by atomic mass is 10.1. The maximum Gasteiger partial charge on any atom is 0.153 e. The van der Waals surface area contributed by atoms with E-state index in [-0.39, 0.29) is 12.2 Å². The third-order valence-corrected chi connectivity index (χ3v) is 2.82. The lowest BCUT2D eigenvalue weighted by Crippen LogP contribution is -2.08. The molecule has 0 aliphatic rings. The molecule has 0 atom stereocenters. The van der Waals surface area contributed by atoms with Crippen LogP contribution in [0.25, 0.3) is 10.8 Å². The van der Waals surface area contributed by atoms with Crippen molar-refractivity contribution in [1.29, 1.82) is 0 Å². The lowest BCUT2D eigenvalue weighted by Gasteiger charge is -2.16. The van der Waals surface area contributed by atoms with E-state index in [1.165, 1.54) is 0 Å². The van der Waals surface area contributed by atoms with E-state index in [0.717, 1.165) is 22.8 Å². The van der Waals surface area contributed by atoms with Crippen LogP contribution in [0.2, 0.25) is 0 Å². The fraction of sp³-hybridized carbons (Fsp3) is 0.353. The number of fused-ring (bicyclic) bond motifs is 1. The summed E-state index contributed by atoms with van der Waals surface area (Å²) in [6.07, 6.45) is 0.941. The van der Waals surface area contributed by atoms with Crippen molar-refractivity contribution in [3.05, 3.63) is 35.9 Å². The molecule has 0 amide bonds. The maximum absolute atomic E-state index is 11.3. The third kappa shape index (κ3) is 3.10. The zero-order valence-electron chi connectivity index (χ0n) is 12.3. The second-order valence-electron chi connectivity index (χ2n) is 5.32. The van der Waals surface area contributed by atoms with E-state index in [1.54, 1.807) is 0 Å². The molecule has 0 heterocycles. The first-order chi connectivity index (χ1) is 9.51. The first-order valence-corrected chi connectivity index (χ1v) is 6.86. The Morgan fingerprint density at radius 1 is 0.950 bits per heavy atom. The van der Waals surface area contributed by atoms with Crippen molar-refractivity contribution in [1.82, 2.24) is 0 Å². The van der Waals surface area contributed by atoms with Gasteiger partial charge < -0.3 is 9.47 Å². The molecule has 3 heteroatoms. The SMILES string of the molecule is CC(C)Oc1cc2cccc(OC(C)C)c2cc1C=O. The number of benzene rings is 2. The van der Waals surface area contributed by atoms with Gasteiger partial charge in [-0.25, -0.2) is 0 Å². The molecule has 2 aromatic rings. The van der Waals surface area contributed by atoms with Gasteiger partial charge in [0.15, 0.2) is 6.29 Å². The molecule has 0 N–H and O–H groups in total. The Morgan fingerprint density at radius 3 is 2.20 bits per heavy atom. The van der Waals surface area contributed by atoms with Crippen molar-refractivity contribution in [3.8, 4) is 11.5 Å². The predicted molar refractivity (Wildman–Crippen MR) is 80.9 cm³/mol. The predicted octanol–water partition coefficient (Wildman–Crippen LogP) is 4.23. The van der Waals surface area contributed by atoms with Crippen LogP contribution in [0.3, 0.4) is 0 Å². The van der Waals surface area contributed by atoms with E-state index in [9.17, 15) is 4.79 Å². The number of hydrogen-bond donors (Lipinski definition) is 0. The highest BCUT2D eigenvalue weighted by atomic mass is 16.5. The number of rotatable bonds is 5. The Hall–Kier alpha value is -2.03. The molecular weight excluding hydrogens is 252 g/mol. The molecule has 0 aliphatic heterocycles. The van der Waals surface area contributed by atoms with Crippen molar-refractivity contribution in [3.63, 3.8) is 0 Å². The van der Waals surface area contributed by atoms with Crippen LogP contribution in [-0.2, 0) is 0 Å². The number of carbonyl (C=O) groups excluding carboxylic acids is 1. The van der Waals surface area contributed by atoms with E-state index >= 15 is 0 Å². The zero-order chi connectivity index (χ0) is 14.7. The van der Waals surface area contributed by atoms with Crippen molar-refractivity contribution < 1.29 is 14.3 Å². The second kappa shape index (κ2) is 5.95. The molecular formula is C17H20O3. The summed E-state index contributed by atoms with van der Waals surface area (Å²) in [6.45, 7) is 7.85. The van der Waals surface area contributed by atoms with E-state index in [4.69, 9.17) is 9.47 Å². The first-order valence-electron chi connectivity index (χ1n) is 6.86. The van der Waals surface area contributed by atoms with Gasteiger partial charge in [0.1, 0.15) is 11.5 Å². The van der Waals surface area contributed by atoms with Gasteiger partial charge in [-0.05, 0) is 51.3 Å². The first kappa shape index (κ1) is 14.4. The molecule has 106 valence electrons. The molecule has 0 unspecified atom stereocenters. The lowest BCUT2D eigenvalue weighted by molar-refractivity contribution is 0.111. The van der Waals surface area contributed by atoms with Crippen LogP contribution < -0.4 is 9.47 Å². The average Bonchev–Trinajstić information content (AvgIpc) is 2.37. The largest absolute Gasteiger partial charge is 0.490 e. The standard InChI is InChI=1S/C17H20O3/c1-11(2)19-16-7-5-6-13-9-17(20-12(3)4)14(10-18)8-15(13)16/h5-12H,1-4H3. The van der Waals surface area contributed by atoms with Gasteiger partial charge in [0.2, 0.25) is 0 Å². The molecule has 0 radical (unpaired) electrons. The molecule has 0 spiro atoms. The Labute approximate surface area is 119 Å². The summed E-state index contributed by atoms with van der Waals surface area (Å²) >= 11 is 0. The number of ether oxygens (including phenoxy) is 2. The van der Waals surface area contributed by atoms with Crippen molar-refractivity contribution in [2.75, 3.05) is 0 Å². The van der Waals surface area contributed by atoms with E-state index in [1.807, 2.05) is 58.0 Å². The van der Waals surface area contributed by atoms with Gasteiger partial charge in [-0.2, -0.15) is 0 Å². The van der Waals surface area contributed by atoms with Crippen LogP contribution in [0, 0.1) is 0 Å². The Balaban J connectivity index is 2.57. The Kier molecular flexibility index (Phi) is 4.28. The van der Waals surface area contributed by atoms with Gasteiger partial charge >= 0.3 is 0 Å².